The van der Waals surface area contributed by atoms with Gasteiger partial charge in [-0.15, -0.1) is 0 Å². The molecule has 1 atom stereocenters. The summed E-state index contributed by atoms with van der Waals surface area (Å²) in [5.74, 6) is -0.0359. The van der Waals surface area contributed by atoms with Crippen LogP contribution in [-0.4, -0.2) is 85.5 Å². The average Bonchev–Trinajstić information content (AvgIpc) is 2.31. The molecule has 0 saturated carbocycles. The van der Waals surface area contributed by atoms with Crippen molar-refractivity contribution < 1.29 is 0 Å². The first-order chi connectivity index (χ1) is 7.81. The van der Waals surface area contributed by atoms with Crippen LogP contribution in [0.15, 0.2) is 0 Å². The summed E-state index contributed by atoms with van der Waals surface area (Å²) < 4.78 is 0. The van der Waals surface area contributed by atoms with Gasteiger partial charge in [0.05, 0.1) is 13.2 Å². The summed E-state index contributed by atoms with van der Waals surface area (Å²) in [6.07, 6.45) is 0. The molecule has 1 unspecified atom stereocenters. The van der Waals surface area contributed by atoms with Crippen molar-refractivity contribution in [3.05, 3.63) is 0 Å². The van der Waals surface area contributed by atoms with Crippen LogP contribution in [-0.2, 0) is 0 Å². The largest absolute Gasteiger partial charge is 0.199 e. The lowest BCUT2D eigenvalue weighted by molar-refractivity contribution is 1.20. The van der Waals surface area contributed by atoms with E-state index in [1.807, 2.05) is 70.6 Å². The van der Waals surface area contributed by atoms with Crippen LogP contribution in [0.2, 0.25) is 5.82 Å². The van der Waals surface area contributed by atoms with Crippen LogP contribution >= 0.6 is 0 Å². The smallest absolute Gasteiger partial charge is 0.0774 e. The zero-order valence-corrected chi connectivity index (χ0v) is 9.45. The molecule has 0 aromatic rings. The van der Waals surface area contributed by atoms with E-state index in [0.29, 0.717) is 0 Å². The van der Waals surface area contributed by atoms with Gasteiger partial charge in [0, 0.05) is 84.2 Å². The summed E-state index contributed by atoms with van der Waals surface area (Å²) >= 11 is 0. The number of hydrogen-bond acceptors (Lipinski definition) is 1. The number of nitrogens with zero attached hydrogens (tertiary/aromatic N) is 1. The van der Waals surface area contributed by atoms with E-state index in [4.69, 9.17) is 13.0 Å². The second-order valence-corrected chi connectivity index (χ2v) is 3.03. The molecule has 13 heteroatoms. The van der Waals surface area contributed by atoms with Gasteiger partial charge in [-0.3, -0.25) is 0 Å². The fraction of sp³-hybridized carbons (Fsp3) is 0.667. The van der Waals surface area contributed by atoms with Crippen molar-refractivity contribution in [1.82, 2.24) is 0 Å². The van der Waals surface area contributed by atoms with Crippen LogP contribution in [0.3, 0.4) is 0 Å². The molecule has 0 aliphatic carbocycles. The Morgan fingerprint density at radius 3 is 1.75 bits per heavy atom. The summed E-state index contributed by atoms with van der Waals surface area (Å²) in [5, 5.41) is 8.51. The van der Waals surface area contributed by atoms with E-state index in [-0.39, 0.29) is 5.82 Å². The summed E-state index contributed by atoms with van der Waals surface area (Å²) in [6, 6.07) is 2.13. The molecule has 57 valence electrons. The van der Waals surface area contributed by atoms with Gasteiger partial charge in [-0.05, 0) is 0 Å². The Balaban J connectivity index is 2.96. The fourth-order valence-electron chi connectivity index (χ4n) is 0.787. The maximum absolute atomic E-state index is 8.51. The standard InChI is InChI=1S/C3H4B12N/c1-3(2-16)5-7-9-11-13-15-14-12-10-8-6-4/h3H,1H3. The van der Waals surface area contributed by atoms with Crippen LogP contribution in [0.1, 0.15) is 6.92 Å². The van der Waals surface area contributed by atoms with E-state index in [9.17, 15) is 0 Å². The molecule has 0 amide bonds. The monoisotopic (exact) mass is 186 g/mol. The molecule has 0 N–H and O–H groups in total. The molecule has 0 heterocycles. The SMILES string of the molecule is [B][B][B][B][B][B][B][B][B][B][B][B]C(C)C#N. The molecule has 0 aromatic heterocycles. The van der Waals surface area contributed by atoms with Gasteiger partial charge in [-0.25, -0.2) is 0 Å². The summed E-state index contributed by atoms with van der Waals surface area (Å²) in [6.45, 7) is 1.85. The minimum atomic E-state index is -0.0359. The van der Waals surface area contributed by atoms with Crippen LogP contribution in [0.25, 0.3) is 0 Å². The van der Waals surface area contributed by atoms with E-state index in [0.717, 1.165) is 0 Å². The predicted molar refractivity (Wildman–Crippen MR) is 84.1 cm³/mol. The zero-order chi connectivity index (χ0) is 12.1. The highest BCUT2D eigenvalue weighted by atomic mass is 14.2. The number of rotatable bonds is 11. The van der Waals surface area contributed by atoms with Gasteiger partial charge < -0.3 is 0 Å². The lowest BCUT2D eigenvalue weighted by Gasteiger charge is -1.98. The Kier molecular flexibility index (Phi) is 13.6. The van der Waals surface area contributed by atoms with Crippen molar-refractivity contribution >= 4 is 85.5 Å². The third kappa shape index (κ3) is 12.3. The number of nitriles is 1. The predicted octanol–water partition coefficient (Wildman–Crippen LogP) is -3.70. The zero-order valence-electron chi connectivity index (χ0n) is 9.45. The summed E-state index contributed by atoms with van der Waals surface area (Å²) in [5.41, 5.74) is 0. The molecule has 0 bridgehead atoms. The molecule has 1 nitrogen and oxygen atoms in total. The minimum Gasteiger partial charge on any atom is -0.199 e. The van der Waals surface area contributed by atoms with E-state index >= 15 is 0 Å². The van der Waals surface area contributed by atoms with Crippen molar-refractivity contribution in [2.75, 3.05) is 0 Å². The molecular weight excluding hydrogens is 180 g/mol. The first kappa shape index (κ1) is 16.3. The highest BCUT2D eigenvalue weighted by molar-refractivity contribution is 7.71. The quantitative estimate of drug-likeness (QED) is 0.239. The molecule has 16 heavy (non-hydrogen) atoms. The van der Waals surface area contributed by atoms with Gasteiger partial charge in [0.25, 0.3) is 0 Å². The van der Waals surface area contributed by atoms with Crippen LogP contribution in [0.5, 0.6) is 0 Å². The molecule has 0 spiro atoms. The Morgan fingerprint density at radius 2 is 1.31 bits per heavy atom. The second-order valence-electron chi connectivity index (χ2n) is 3.03. The maximum Gasteiger partial charge on any atom is 0.0774 e. The molecule has 0 aliphatic heterocycles. The lowest BCUT2D eigenvalue weighted by Crippen LogP contribution is -2.33. The third-order valence-corrected chi connectivity index (χ3v) is 1.60. The maximum atomic E-state index is 8.51. The molecule has 0 saturated heterocycles. The van der Waals surface area contributed by atoms with E-state index in [1.54, 1.807) is 7.06 Å². The first-order valence-electron chi connectivity index (χ1n) is 5.09. The molecule has 13 radical (unpaired) electrons. The fourth-order valence-corrected chi connectivity index (χ4v) is 0.787. The van der Waals surface area contributed by atoms with Gasteiger partial charge >= 0.3 is 0 Å². The van der Waals surface area contributed by atoms with Gasteiger partial charge in [0.15, 0.2) is 0 Å². The van der Waals surface area contributed by atoms with Crippen molar-refractivity contribution in [2.24, 2.45) is 0 Å². The van der Waals surface area contributed by atoms with Crippen molar-refractivity contribution in [1.29, 1.82) is 5.26 Å². The Morgan fingerprint density at radius 1 is 0.875 bits per heavy atom. The normalized spacial score (nSPS) is 9.50. The van der Waals surface area contributed by atoms with Gasteiger partial charge in [0.1, 0.15) is 0 Å². The molecule has 0 rings (SSSR count). The van der Waals surface area contributed by atoms with Crippen LogP contribution in [0, 0.1) is 11.3 Å². The number of hydrogen-bond donors (Lipinski definition) is 0. The van der Waals surface area contributed by atoms with Crippen LogP contribution in [0.4, 0.5) is 0 Å². The van der Waals surface area contributed by atoms with Crippen molar-refractivity contribution in [2.45, 2.75) is 12.7 Å². The van der Waals surface area contributed by atoms with E-state index in [1.165, 1.54) is 7.06 Å². The summed E-state index contributed by atoms with van der Waals surface area (Å²) in [7, 11) is 25.4. The molecule has 0 aromatic carbocycles. The third-order valence-electron chi connectivity index (χ3n) is 1.60. The highest BCUT2D eigenvalue weighted by Gasteiger charge is 2.02. The molecule has 0 aliphatic rings. The minimum absolute atomic E-state index is 0.0359. The first-order valence-corrected chi connectivity index (χ1v) is 5.09. The van der Waals surface area contributed by atoms with Gasteiger partial charge in [-0.2, -0.15) is 5.26 Å². The van der Waals surface area contributed by atoms with Gasteiger partial charge in [0.2, 0.25) is 0 Å². The molecular formula is C3H4B12N. The second kappa shape index (κ2) is 13.3. The van der Waals surface area contributed by atoms with Gasteiger partial charge in [-0.1, -0.05) is 6.92 Å². The lowest BCUT2D eigenvalue weighted by atomic mass is 8.87. The Hall–Kier alpha value is 0.269. The van der Waals surface area contributed by atoms with E-state index < -0.39 is 0 Å². The van der Waals surface area contributed by atoms with Crippen molar-refractivity contribution in [3.8, 4) is 6.07 Å². The van der Waals surface area contributed by atoms with Crippen molar-refractivity contribution in [3.63, 3.8) is 0 Å². The van der Waals surface area contributed by atoms with E-state index in [2.05, 4.69) is 6.07 Å². The molecule has 0 fully saturated rings. The topological polar surface area (TPSA) is 23.8 Å². The Bertz CT molecular complexity index is 180. The highest BCUT2D eigenvalue weighted by Crippen LogP contribution is 1.93. The Labute approximate surface area is 110 Å². The summed E-state index contributed by atoms with van der Waals surface area (Å²) in [4.78, 5) is 0. The van der Waals surface area contributed by atoms with Crippen LogP contribution < -0.4 is 0 Å². The average molecular weight is 184 g/mol.